The van der Waals surface area contributed by atoms with E-state index in [2.05, 4.69) is 40.4 Å². The number of fused-ring (bicyclic) bond motifs is 2. The summed E-state index contributed by atoms with van der Waals surface area (Å²) in [6, 6.07) is 12.6. The molecule has 0 spiro atoms. The zero-order chi connectivity index (χ0) is 19.1. The molecule has 3 aromatic heterocycles. The molecule has 1 N–H and O–H groups in total. The number of hydrogen-bond donors (Lipinski definition) is 1. The largest absolute Gasteiger partial charge is 0.365 e. The maximum absolute atomic E-state index is 9.32. The van der Waals surface area contributed by atoms with Gasteiger partial charge in [-0.3, -0.25) is 4.98 Å². The van der Waals surface area contributed by atoms with Gasteiger partial charge >= 0.3 is 0 Å². The molecule has 28 heavy (non-hydrogen) atoms. The molecule has 0 aromatic carbocycles. The van der Waals surface area contributed by atoms with Crippen molar-refractivity contribution in [3.63, 3.8) is 0 Å². The Bertz CT molecular complexity index is 1060. The van der Waals surface area contributed by atoms with E-state index in [0.717, 1.165) is 37.4 Å². The van der Waals surface area contributed by atoms with Gasteiger partial charge in [-0.2, -0.15) is 10.4 Å². The molecule has 0 radical (unpaired) electrons. The average molecular weight is 372 g/mol. The first kappa shape index (κ1) is 17.2. The summed E-state index contributed by atoms with van der Waals surface area (Å²) in [6.45, 7) is 6.20. The van der Waals surface area contributed by atoms with Crippen molar-refractivity contribution in [2.24, 2.45) is 0 Å². The highest BCUT2D eigenvalue weighted by molar-refractivity contribution is 5.74. The maximum Gasteiger partial charge on any atom is 0.142 e. The number of aromatic nitrogens is 3. The second kappa shape index (κ2) is 6.92. The second-order valence-electron chi connectivity index (χ2n) is 7.93. The van der Waals surface area contributed by atoms with Gasteiger partial charge in [0.25, 0.3) is 0 Å². The van der Waals surface area contributed by atoms with Gasteiger partial charge < -0.3 is 10.2 Å². The van der Waals surface area contributed by atoms with Crippen LogP contribution >= 0.6 is 0 Å². The van der Waals surface area contributed by atoms with Gasteiger partial charge in [-0.15, -0.1) is 0 Å². The molecule has 142 valence electrons. The highest BCUT2D eigenvalue weighted by atomic mass is 15.2. The Kier molecular flexibility index (Phi) is 4.25. The summed E-state index contributed by atoms with van der Waals surface area (Å²) in [5.74, 6) is 0.950. The van der Waals surface area contributed by atoms with E-state index in [-0.39, 0.29) is 0 Å². The van der Waals surface area contributed by atoms with Crippen molar-refractivity contribution in [3.05, 3.63) is 59.2 Å². The van der Waals surface area contributed by atoms with E-state index in [1.165, 1.54) is 29.8 Å². The fourth-order valence-corrected chi connectivity index (χ4v) is 4.65. The van der Waals surface area contributed by atoms with Gasteiger partial charge in [0.05, 0.1) is 23.1 Å². The Labute approximate surface area is 164 Å². The normalized spacial score (nSPS) is 20.1. The topological polar surface area (TPSA) is 69.2 Å². The lowest BCUT2D eigenvalue weighted by molar-refractivity contribution is 0.450. The number of anilines is 1. The van der Waals surface area contributed by atoms with Crippen LogP contribution in [0.15, 0.2) is 36.5 Å². The minimum absolute atomic E-state index is 0.365. The third kappa shape index (κ3) is 2.83. The van der Waals surface area contributed by atoms with Gasteiger partial charge in [0.15, 0.2) is 0 Å². The van der Waals surface area contributed by atoms with Gasteiger partial charge in [0.2, 0.25) is 0 Å². The predicted octanol–water partition coefficient (Wildman–Crippen LogP) is 3.19. The van der Waals surface area contributed by atoms with Crippen LogP contribution in [0, 0.1) is 11.3 Å². The number of piperidine rings is 1. The van der Waals surface area contributed by atoms with E-state index >= 15 is 0 Å². The van der Waals surface area contributed by atoms with Gasteiger partial charge in [-0.05, 0) is 55.8 Å². The lowest BCUT2D eigenvalue weighted by Gasteiger charge is -2.35. The van der Waals surface area contributed by atoms with Crippen LogP contribution < -0.4 is 10.2 Å². The summed E-state index contributed by atoms with van der Waals surface area (Å²) < 4.78 is 1.73. The van der Waals surface area contributed by atoms with E-state index in [9.17, 15) is 5.26 Å². The van der Waals surface area contributed by atoms with Gasteiger partial charge in [0.1, 0.15) is 11.8 Å². The summed E-state index contributed by atoms with van der Waals surface area (Å²) in [4.78, 5) is 7.50. The van der Waals surface area contributed by atoms with E-state index in [4.69, 9.17) is 4.98 Å². The van der Waals surface area contributed by atoms with Gasteiger partial charge in [-0.1, -0.05) is 13.0 Å². The molecule has 0 saturated carbocycles. The molecule has 1 atom stereocenters. The van der Waals surface area contributed by atoms with Crippen LogP contribution in [0.1, 0.15) is 54.2 Å². The maximum atomic E-state index is 9.32. The van der Waals surface area contributed by atoms with Crippen LogP contribution in [0.2, 0.25) is 0 Å². The molecule has 1 fully saturated rings. The summed E-state index contributed by atoms with van der Waals surface area (Å²) in [5.41, 5.74) is 6.48. The SMILES string of the molecule is C[C@H]1CN(c2ccc(C#N)n3nccc23)Cc2ccc(C3CCNCC3)nc21. The molecule has 5 rings (SSSR count). The van der Waals surface area contributed by atoms with Crippen molar-refractivity contribution in [2.75, 3.05) is 24.5 Å². The van der Waals surface area contributed by atoms with E-state index in [1.54, 1.807) is 10.7 Å². The molecule has 2 aliphatic heterocycles. The average Bonchev–Trinajstić information content (AvgIpc) is 3.23. The van der Waals surface area contributed by atoms with E-state index in [0.29, 0.717) is 17.5 Å². The Balaban J connectivity index is 1.48. The Morgan fingerprint density at radius 1 is 1.14 bits per heavy atom. The molecule has 1 saturated heterocycles. The molecule has 6 nitrogen and oxygen atoms in total. The number of nitrogens with one attached hydrogen (secondary N) is 1. The van der Waals surface area contributed by atoms with Crippen LogP contribution in [0.4, 0.5) is 5.69 Å². The molecule has 2 aliphatic rings. The van der Waals surface area contributed by atoms with Crippen LogP contribution in [-0.4, -0.2) is 34.2 Å². The molecule has 0 unspecified atom stereocenters. The zero-order valence-corrected chi connectivity index (χ0v) is 16.1. The smallest absolute Gasteiger partial charge is 0.142 e. The molecular formula is C22H24N6. The molecule has 0 bridgehead atoms. The highest BCUT2D eigenvalue weighted by Gasteiger charge is 2.27. The van der Waals surface area contributed by atoms with Crippen molar-refractivity contribution in [1.82, 2.24) is 19.9 Å². The zero-order valence-electron chi connectivity index (χ0n) is 16.1. The Morgan fingerprint density at radius 2 is 2.00 bits per heavy atom. The first-order chi connectivity index (χ1) is 13.7. The third-order valence-electron chi connectivity index (χ3n) is 6.10. The van der Waals surface area contributed by atoms with Crippen molar-refractivity contribution in [1.29, 1.82) is 5.26 Å². The number of hydrogen-bond acceptors (Lipinski definition) is 5. The fraction of sp³-hybridized carbons (Fsp3) is 0.409. The van der Waals surface area contributed by atoms with Gasteiger partial charge in [-0.25, -0.2) is 4.52 Å². The number of pyridine rings is 2. The summed E-state index contributed by atoms with van der Waals surface area (Å²) in [7, 11) is 0. The molecular weight excluding hydrogens is 348 g/mol. The van der Waals surface area contributed by atoms with E-state index in [1.807, 2.05) is 18.2 Å². The summed E-state index contributed by atoms with van der Waals surface area (Å²) in [6.07, 6.45) is 4.11. The van der Waals surface area contributed by atoms with Crippen LogP contribution in [0.5, 0.6) is 0 Å². The minimum atomic E-state index is 0.365. The molecule has 6 heteroatoms. The number of nitriles is 1. The first-order valence-electron chi connectivity index (χ1n) is 10.1. The lowest BCUT2D eigenvalue weighted by Crippen LogP contribution is -2.34. The van der Waals surface area contributed by atoms with Crippen molar-refractivity contribution in [2.45, 2.75) is 38.1 Å². The lowest BCUT2D eigenvalue weighted by atomic mass is 9.90. The standard InChI is InChI=1S/C22H24N6/c1-15-13-27(20-5-3-18(12-23)28-21(20)8-11-25-28)14-17-2-4-19(26-22(15)17)16-6-9-24-10-7-16/h2-5,8,11,15-16,24H,6-7,9-10,13-14H2,1H3/t15-/m0/s1. The van der Waals surface area contributed by atoms with Crippen molar-refractivity contribution >= 4 is 11.2 Å². The quantitative estimate of drug-likeness (QED) is 0.748. The number of rotatable bonds is 2. The minimum Gasteiger partial charge on any atom is -0.365 e. The molecule has 3 aromatic rings. The van der Waals surface area contributed by atoms with Gasteiger partial charge in [0, 0.05) is 30.6 Å². The Hall–Kier alpha value is -2.91. The number of nitrogens with zero attached hydrogens (tertiary/aromatic N) is 5. The highest BCUT2D eigenvalue weighted by Crippen LogP contribution is 2.34. The first-order valence-corrected chi connectivity index (χ1v) is 10.1. The molecule has 0 aliphatic carbocycles. The van der Waals surface area contributed by atoms with Crippen LogP contribution in [-0.2, 0) is 6.54 Å². The molecule has 5 heterocycles. The summed E-state index contributed by atoms with van der Waals surface area (Å²) >= 11 is 0. The van der Waals surface area contributed by atoms with E-state index < -0.39 is 0 Å². The predicted molar refractivity (Wildman–Crippen MR) is 108 cm³/mol. The third-order valence-corrected chi connectivity index (χ3v) is 6.10. The second-order valence-corrected chi connectivity index (χ2v) is 7.93. The molecule has 0 amide bonds. The fourth-order valence-electron chi connectivity index (χ4n) is 4.65. The van der Waals surface area contributed by atoms with Crippen molar-refractivity contribution in [3.8, 4) is 6.07 Å². The van der Waals surface area contributed by atoms with Crippen molar-refractivity contribution < 1.29 is 0 Å². The van der Waals surface area contributed by atoms with Crippen LogP contribution in [0.3, 0.4) is 0 Å². The monoisotopic (exact) mass is 372 g/mol. The Morgan fingerprint density at radius 3 is 2.82 bits per heavy atom. The summed E-state index contributed by atoms with van der Waals surface area (Å²) in [5, 5.41) is 17.1. The van der Waals surface area contributed by atoms with Crippen LogP contribution in [0.25, 0.3) is 5.52 Å².